The van der Waals surface area contributed by atoms with Crippen LogP contribution in [0.2, 0.25) is 0 Å². The summed E-state index contributed by atoms with van der Waals surface area (Å²) in [6, 6.07) is 1.12. The molecule has 2 aliphatic carbocycles. The van der Waals surface area contributed by atoms with Crippen molar-refractivity contribution < 1.29 is 27.6 Å². The molecule has 0 bridgehead atoms. The van der Waals surface area contributed by atoms with Crippen molar-refractivity contribution >= 4 is 17.7 Å². The number of rotatable bonds is 8. The zero-order valence-electron chi connectivity index (χ0n) is 17.3. The van der Waals surface area contributed by atoms with Crippen molar-refractivity contribution in [3.63, 3.8) is 0 Å². The number of fused-ring (bicyclic) bond motifs is 1. The Morgan fingerprint density at radius 3 is 2.29 bits per heavy atom. The van der Waals surface area contributed by atoms with Crippen LogP contribution < -0.4 is 5.32 Å². The summed E-state index contributed by atoms with van der Waals surface area (Å²) in [5.41, 5.74) is -0.273. The van der Waals surface area contributed by atoms with E-state index in [-0.39, 0.29) is 61.5 Å². The van der Waals surface area contributed by atoms with Crippen LogP contribution in [0.4, 0.5) is 13.2 Å². The summed E-state index contributed by atoms with van der Waals surface area (Å²) in [7, 11) is 0. The van der Waals surface area contributed by atoms with E-state index in [9.17, 15) is 27.6 Å². The molecule has 4 rings (SSSR count). The zero-order valence-corrected chi connectivity index (χ0v) is 17.3. The van der Waals surface area contributed by atoms with Gasteiger partial charge in [-0.3, -0.25) is 24.0 Å². The maximum atomic E-state index is 12.9. The molecule has 2 heterocycles. The summed E-state index contributed by atoms with van der Waals surface area (Å²) in [6.45, 7) is 0.655. The number of imide groups is 1. The van der Waals surface area contributed by atoms with Crippen molar-refractivity contribution in [2.45, 2.75) is 70.0 Å². The lowest BCUT2D eigenvalue weighted by atomic mass is 9.81. The number of carbonyl (C=O) groups is 3. The number of hydrogen-bond acceptors (Lipinski definition) is 4. The minimum atomic E-state index is -4.47. The van der Waals surface area contributed by atoms with E-state index in [4.69, 9.17) is 0 Å². The topological polar surface area (TPSA) is 84.3 Å². The third-order valence-electron chi connectivity index (χ3n) is 6.46. The van der Waals surface area contributed by atoms with E-state index in [1.165, 1.54) is 9.58 Å². The molecule has 1 saturated heterocycles. The van der Waals surface area contributed by atoms with Crippen molar-refractivity contribution in [2.24, 2.45) is 11.8 Å². The Kier molecular flexibility index (Phi) is 6.07. The Balaban J connectivity index is 1.21. The van der Waals surface area contributed by atoms with Crippen LogP contribution in [-0.2, 0) is 27.1 Å². The normalized spacial score (nSPS) is 23.9. The van der Waals surface area contributed by atoms with Gasteiger partial charge in [-0.2, -0.15) is 18.3 Å². The zero-order chi connectivity index (χ0) is 22.2. The minimum Gasteiger partial charge on any atom is -0.356 e. The van der Waals surface area contributed by atoms with Gasteiger partial charge in [-0.1, -0.05) is 12.8 Å². The average Bonchev–Trinajstić information content (AvgIpc) is 3.43. The van der Waals surface area contributed by atoms with Gasteiger partial charge in [0, 0.05) is 37.7 Å². The molecule has 170 valence electrons. The predicted molar refractivity (Wildman–Crippen MR) is 104 cm³/mol. The molecule has 0 unspecified atom stereocenters. The van der Waals surface area contributed by atoms with E-state index in [0.717, 1.165) is 44.6 Å². The Bertz CT molecular complexity index is 839. The van der Waals surface area contributed by atoms with Crippen LogP contribution in [-0.4, -0.2) is 45.5 Å². The van der Waals surface area contributed by atoms with Gasteiger partial charge in [0.25, 0.3) is 0 Å². The highest BCUT2D eigenvalue weighted by Gasteiger charge is 2.47. The molecule has 0 spiro atoms. The van der Waals surface area contributed by atoms with Crippen LogP contribution >= 0.6 is 0 Å². The fourth-order valence-corrected chi connectivity index (χ4v) is 4.67. The first-order valence-corrected chi connectivity index (χ1v) is 11.0. The molecule has 3 amide bonds. The molecular weight excluding hydrogens is 413 g/mol. The second kappa shape index (κ2) is 8.63. The number of likely N-dealkylation sites (tertiary alicyclic amines) is 1. The lowest BCUT2D eigenvalue weighted by Crippen LogP contribution is -2.35. The Morgan fingerprint density at radius 1 is 1.06 bits per heavy atom. The molecule has 1 N–H and O–H groups in total. The number of halogens is 3. The number of amides is 3. The highest BCUT2D eigenvalue weighted by atomic mass is 19.4. The van der Waals surface area contributed by atoms with Crippen molar-refractivity contribution in [1.29, 1.82) is 0 Å². The Hall–Kier alpha value is -2.39. The molecule has 2 atom stereocenters. The quantitative estimate of drug-likeness (QED) is 0.498. The predicted octanol–water partition coefficient (Wildman–Crippen LogP) is 2.85. The van der Waals surface area contributed by atoms with Crippen molar-refractivity contribution in [3.8, 4) is 0 Å². The molecule has 1 aromatic heterocycles. The standard InChI is InChI=1S/C21H27F3N4O3/c22-21(23,24)17-12-16(13-6-7-13)28(26-17)10-3-9-25-18(29)8-11-27-19(30)14-4-1-2-5-15(14)20(27)31/h12-15H,1-11H2,(H,25,29)/t14-,15+. The van der Waals surface area contributed by atoms with Gasteiger partial charge < -0.3 is 5.32 Å². The molecule has 1 aromatic rings. The van der Waals surface area contributed by atoms with Crippen molar-refractivity contribution in [1.82, 2.24) is 20.0 Å². The Morgan fingerprint density at radius 2 is 1.71 bits per heavy atom. The molecule has 7 nitrogen and oxygen atoms in total. The first-order valence-electron chi connectivity index (χ1n) is 11.0. The molecule has 0 radical (unpaired) electrons. The van der Waals surface area contributed by atoms with E-state index >= 15 is 0 Å². The van der Waals surface area contributed by atoms with E-state index in [1.807, 2.05) is 0 Å². The highest BCUT2D eigenvalue weighted by Crippen LogP contribution is 2.42. The second-order valence-electron chi connectivity index (χ2n) is 8.73. The van der Waals surface area contributed by atoms with Gasteiger partial charge in [-0.15, -0.1) is 0 Å². The molecular formula is C21H27F3N4O3. The van der Waals surface area contributed by atoms with Gasteiger partial charge in [-0.05, 0) is 38.2 Å². The van der Waals surface area contributed by atoms with E-state index < -0.39 is 11.9 Å². The van der Waals surface area contributed by atoms with Crippen LogP contribution in [0.5, 0.6) is 0 Å². The third-order valence-corrected chi connectivity index (χ3v) is 6.46. The van der Waals surface area contributed by atoms with Gasteiger partial charge in [0.2, 0.25) is 17.7 Å². The summed E-state index contributed by atoms with van der Waals surface area (Å²) in [5, 5.41) is 6.42. The fraction of sp³-hybridized carbons (Fsp3) is 0.714. The smallest absolute Gasteiger partial charge is 0.356 e. The molecule has 31 heavy (non-hydrogen) atoms. The van der Waals surface area contributed by atoms with Crippen LogP contribution in [0.25, 0.3) is 0 Å². The first-order chi connectivity index (χ1) is 14.8. The summed E-state index contributed by atoms with van der Waals surface area (Å²) in [6.07, 6.45) is 1.14. The molecule has 3 fully saturated rings. The molecule has 3 aliphatic rings. The monoisotopic (exact) mass is 440 g/mol. The van der Waals surface area contributed by atoms with Gasteiger partial charge >= 0.3 is 6.18 Å². The SMILES string of the molecule is O=C(CCN1C(=O)[C@H]2CCCC[C@H]2C1=O)NCCCn1nc(C(F)(F)F)cc1C1CC1. The van der Waals surface area contributed by atoms with Gasteiger partial charge in [0.15, 0.2) is 5.69 Å². The maximum Gasteiger partial charge on any atom is 0.435 e. The average molecular weight is 440 g/mol. The van der Waals surface area contributed by atoms with Crippen LogP contribution in [0.3, 0.4) is 0 Å². The lowest BCUT2D eigenvalue weighted by Gasteiger charge is -2.19. The lowest BCUT2D eigenvalue weighted by molar-refractivity contribution is -0.142. The van der Waals surface area contributed by atoms with Gasteiger partial charge in [-0.25, -0.2) is 0 Å². The van der Waals surface area contributed by atoms with Crippen molar-refractivity contribution in [3.05, 3.63) is 17.5 Å². The fourth-order valence-electron chi connectivity index (χ4n) is 4.67. The number of carbonyl (C=O) groups excluding carboxylic acids is 3. The molecule has 1 aliphatic heterocycles. The van der Waals surface area contributed by atoms with Crippen LogP contribution in [0, 0.1) is 11.8 Å². The number of alkyl halides is 3. The number of aryl methyl sites for hydroxylation is 1. The number of aromatic nitrogens is 2. The summed E-state index contributed by atoms with van der Waals surface area (Å²) in [5.74, 6) is -0.906. The van der Waals surface area contributed by atoms with Crippen molar-refractivity contribution in [2.75, 3.05) is 13.1 Å². The summed E-state index contributed by atoms with van der Waals surface area (Å²) < 4.78 is 40.2. The number of nitrogens with one attached hydrogen (secondary N) is 1. The minimum absolute atomic E-state index is 0.0320. The van der Waals surface area contributed by atoms with Crippen LogP contribution in [0.1, 0.15) is 68.7 Å². The first kappa shape index (κ1) is 21.8. The molecule has 0 aromatic carbocycles. The van der Waals surface area contributed by atoms with Gasteiger partial charge in [0.1, 0.15) is 0 Å². The van der Waals surface area contributed by atoms with E-state index in [1.54, 1.807) is 0 Å². The largest absolute Gasteiger partial charge is 0.435 e. The molecule has 2 saturated carbocycles. The summed E-state index contributed by atoms with van der Waals surface area (Å²) in [4.78, 5) is 38.2. The van der Waals surface area contributed by atoms with Gasteiger partial charge in [0.05, 0.1) is 11.8 Å². The van der Waals surface area contributed by atoms with E-state index in [2.05, 4.69) is 10.4 Å². The van der Waals surface area contributed by atoms with Crippen LogP contribution in [0.15, 0.2) is 6.07 Å². The maximum absolute atomic E-state index is 12.9. The third kappa shape index (κ3) is 4.77. The summed E-state index contributed by atoms with van der Waals surface area (Å²) >= 11 is 0. The Labute approximate surface area is 178 Å². The number of nitrogens with zero attached hydrogens (tertiary/aromatic N) is 3. The molecule has 10 heteroatoms. The van der Waals surface area contributed by atoms with E-state index in [0.29, 0.717) is 12.1 Å². The number of hydrogen-bond donors (Lipinski definition) is 1. The second-order valence-corrected chi connectivity index (χ2v) is 8.73. The highest BCUT2D eigenvalue weighted by molar-refractivity contribution is 6.05.